The Morgan fingerprint density at radius 1 is 1.10 bits per heavy atom. The molecule has 3 aromatic rings. The summed E-state index contributed by atoms with van der Waals surface area (Å²) in [7, 11) is 0. The van der Waals surface area contributed by atoms with Gasteiger partial charge < -0.3 is 16.0 Å². The molecule has 2 aromatic carbocycles. The van der Waals surface area contributed by atoms with E-state index in [2.05, 4.69) is 69.2 Å². The number of rotatable bonds is 11. The van der Waals surface area contributed by atoms with Crippen LogP contribution >= 0.6 is 23.4 Å². The quantitative estimate of drug-likeness (QED) is 0.0819. The minimum Gasteiger partial charge on any atom is -0.357 e. The number of urea groups is 1. The summed E-state index contributed by atoms with van der Waals surface area (Å²) < 4.78 is -0.0434. The van der Waals surface area contributed by atoms with E-state index in [0.717, 1.165) is 22.7 Å². The summed E-state index contributed by atoms with van der Waals surface area (Å²) in [5.41, 5.74) is 10.3. The van der Waals surface area contributed by atoms with Gasteiger partial charge in [-0.15, -0.1) is 11.8 Å². The van der Waals surface area contributed by atoms with Crippen molar-refractivity contribution in [1.82, 2.24) is 15.4 Å². The predicted molar refractivity (Wildman–Crippen MR) is 165 cm³/mol. The summed E-state index contributed by atoms with van der Waals surface area (Å²) in [5, 5.41) is 14.8. The SMILES string of the molecule is CC(C)c1ccc2[nH]c(CC(C)(C)C(=O)NCCCN(O)C(N)=O)c(SC(C)(C)C)c2c1Cc1ccc(Cl)cc1. The Hall–Kier alpha value is -2.68. The molecule has 3 amide bonds. The van der Waals surface area contributed by atoms with Gasteiger partial charge in [-0.25, -0.2) is 9.86 Å². The smallest absolute Gasteiger partial charge is 0.338 e. The van der Waals surface area contributed by atoms with E-state index >= 15 is 0 Å². The topological polar surface area (TPSA) is 111 Å². The maximum absolute atomic E-state index is 13.2. The lowest BCUT2D eigenvalue weighted by atomic mass is 9.86. The van der Waals surface area contributed by atoms with Crippen molar-refractivity contribution in [2.24, 2.45) is 11.1 Å². The molecule has 0 fully saturated rings. The number of nitrogens with two attached hydrogens (primary N) is 1. The number of carbonyl (C=O) groups is 2. The minimum absolute atomic E-state index is 0.0434. The molecule has 218 valence electrons. The van der Waals surface area contributed by atoms with E-state index in [0.29, 0.717) is 30.4 Å². The van der Waals surface area contributed by atoms with E-state index in [1.54, 1.807) is 0 Å². The fourth-order valence-electron chi connectivity index (χ4n) is 4.78. The second-order valence-corrected chi connectivity index (χ2v) is 14.6. The summed E-state index contributed by atoms with van der Waals surface area (Å²) >= 11 is 8.00. The molecule has 0 aliphatic rings. The molecule has 0 atom stereocenters. The van der Waals surface area contributed by atoms with E-state index in [1.807, 2.05) is 37.7 Å². The van der Waals surface area contributed by atoms with Crippen LogP contribution in [0.5, 0.6) is 0 Å². The first kappa shape index (κ1) is 31.8. The number of aromatic amines is 1. The summed E-state index contributed by atoms with van der Waals surface area (Å²) in [6, 6.07) is 11.5. The van der Waals surface area contributed by atoms with Crippen molar-refractivity contribution in [2.45, 2.75) is 83.3 Å². The monoisotopic (exact) mass is 586 g/mol. The highest BCUT2D eigenvalue weighted by Gasteiger charge is 2.32. The first-order chi connectivity index (χ1) is 18.6. The molecule has 0 unspecified atom stereocenters. The van der Waals surface area contributed by atoms with Crippen molar-refractivity contribution in [3.05, 3.63) is 63.8 Å². The van der Waals surface area contributed by atoms with Crippen LogP contribution in [0.4, 0.5) is 4.79 Å². The number of amides is 3. The molecule has 1 aromatic heterocycles. The van der Waals surface area contributed by atoms with E-state index in [4.69, 9.17) is 17.3 Å². The Kier molecular flexibility index (Phi) is 10.3. The van der Waals surface area contributed by atoms with Gasteiger partial charge in [-0.05, 0) is 53.6 Å². The Morgan fingerprint density at radius 3 is 2.33 bits per heavy atom. The number of aromatic nitrogens is 1. The molecule has 0 aliphatic heterocycles. The molecule has 40 heavy (non-hydrogen) atoms. The molecule has 0 spiro atoms. The van der Waals surface area contributed by atoms with Crippen molar-refractivity contribution in [2.75, 3.05) is 13.1 Å². The minimum atomic E-state index is -0.912. The fraction of sp³-hybridized carbons (Fsp3) is 0.484. The third-order valence-electron chi connectivity index (χ3n) is 6.78. The number of thioether (sulfide) groups is 1. The summed E-state index contributed by atoms with van der Waals surface area (Å²) in [6.07, 6.45) is 1.70. The number of hydroxylamine groups is 2. The second kappa shape index (κ2) is 12.9. The third-order valence-corrected chi connectivity index (χ3v) is 8.30. The summed E-state index contributed by atoms with van der Waals surface area (Å²) in [4.78, 5) is 29.1. The molecule has 1 heterocycles. The Bertz CT molecular complexity index is 1340. The first-order valence-electron chi connectivity index (χ1n) is 13.7. The largest absolute Gasteiger partial charge is 0.357 e. The zero-order chi connectivity index (χ0) is 29.8. The number of carbonyl (C=O) groups excluding carboxylic acids is 2. The number of hydrogen-bond acceptors (Lipinski definition) is 4. The van der Waals surface area contributed by atoms with Gasteiger partial charge in [0.1, 0.15) is 0 Å². The summed E-state index contributed by atoms with van der Waals surface area (Å²) in [5.74, 6) is 0.259. The van der Waals surface area contributed by atoms with E-state index in [1.165, 1.54) is 27.0 Å². The van der Waals surface area contributed by atoms with Crippen LogP contribution in [-0.4, -0.2) is 45.0 Å². The van der Waals surface area contributed by atoms with Crippen molar-refractivity contribution in [1.29, 1.82) is 0 Å². The van der Waals surface area contributed by atoms with Crippen molar-refractivity contribution in [3.63, 3.8) is 0 Å². The molecule has 9 heteroatoms. The van der Waals surface area contributed by atoms with Crippen LogP contribution in [0.3, 0.4) is 0 Å². The third kappa shape index (κ3) is 8.18. The standard InChI is InChI=1S/C31H43ClN4O3S/c1-19(2)22-13-14-24-26(23(22)17-20-9-11-21(32)12-10-20)27(40-30(3,4)5)25(35-24)18-31(6,7)28(37)34-15-8-16-36(39)29(33)38/h9-14,19,35,39H,8,15-18H2,1-7H3,(H2,33,38)(H,34,37). The van der Waals surface area contributed by atoms with E-state index in [-0.39, 0.29) is 17.2 Å². The van der Waals surface area contributed by atoms with Gasteiger partial charge in [-0.1, -0.05) is 78.3 Å². The van der Waals surface area contributed by atoms with Crippen molar-refractivity contribution in [3.8, 4) is 0 Å². The van der Waals surface area contributed by atoms with Crippen LogP contribution in [0.2, 0.25) is 5.02 Å². The van der Waals surface area contributed by atoms with Crippen LogP contribution in [0.15, 0.2) is 41.3 Å². The van der Waals surface area contributed by atoms with E-state index in [9.17, 15) is 14.8 Å². The highest BCUT2D eigenvalue weighted by molar-refractivity contribution is 8.00. The van der Waals surface area contributed by atoms with Crippen LogP contribution in [-0.2, 0) is 17.6 Å². The highest BCUT2D eigenvalue weighted by Crippen LogP contribution is 2.44. The van der Waals surface area contributed by atoms with Crippen LogP contribution in [0.1, 0.15) is 83.2 Å². The normalized spacial score (nSPS) is 12.2. The van der Waals surface area contributed by atoms with Gasteiger partial charge in [0.15, 0.2) is 0 Å². The van der Waals surface area contributed by atoms with Crippen LogP contribution < -0.4 is 11.1 Å². The van der Waals surface area contributed by atoms with Crippen LogP contribution in [0.25, 0.3) is 10.9 Å². The van der Waals surface area contributed by atoms with Gasteiger partial charge >= 0.3 is 6.03 Å². The maximum Gasteiger partial charge on any atom is 0.338 e. The molecule has 0 aliphatic carbocycles. The maximum atomic E-state index is 13.2. The molecule has 0 bridgehead atoms. The lowest BCUT2D eigenvalue weighted by molar-refractivity contribution is -0.129. The predicted octanol–water partition coefficient (Wildman–Crippen LogP) is 7.27. The van der Waals surface area contributed by atoms with E-state index < -0.39 is 11.4 Å². The average molecular weight is 587 g/mol. The van der Waals surface area contributed by atoms with Gasteiger partial charge in [0, 0.05) is 49.6 Å². The van der Waals surface area contributed by atoms with Crippen LogP contribution in [0, 0.1) is 5.41 Å². The molecule has 0 radical (unpaired) electrons. The van der Waals surface area contributed by atoms with Gasteiger partial charge in [0.2, 0.25) is 5.91 Å². The van der Waals surface area contributed by atoms with Crippen molar-refractivity contribution >= 4 is 46.2 Å². The number of fused-ring (bicyclic) bond motifs is 1. The molecule has 3 rings (SSSR count). The van der Waals surface area contributed by atoms with Gasteiger partial charge in [0.05, 0.1) is 6.54 Å². The zero-order valence-corrected chi connectivity index (χ0v) is 26.2. The first-order valence-corrected chi connectivity index (χ1v) is 14.9. The molecule has 0 saturated heterocycles. The molecule has 0 saturated carbocycles. The number of halogens is 1. The Balaban J connectivity index is 2.00. The lowest BCUT2D eigenvalue weighted by Gasteiger charge is -2.25. The van der Waals surface area contributed by atoms with Gasteiger partial charge in [0.25, 0.3) is 0 Å². The number of H-pyrrole nitrogens is 1. The van der Waals surface area contributed by atoms with Crippen molar-refractivity contribution < 1.29 is 14.8 Å². The number of hydrogen-bond donors (Lipinski definition) is 4. The fourth-order valence-corrected chi connectivity index (χ4v) is 6.10. The Morgan fingerprint density at radius 2 is 1.75 bits per heavy atom. The molecular formula is C31H43ClN4O3S. The number of nitrogens with one attached hydrogen (secondary N) is 2. The zero-order valence-electron chi connectivity index (χ0n) is 24.7. The molecule has 5 N–H and O–H groups in total. The Labute approximate surface area is 247 Å². The average Bonchev–Trinajstić information content (AvgIpc) is 3.17. The number of nitrogens with zero attached hydrogens (tertiary/aromatic N) is 1. The number of benzene rings is 2. The molecular weight excluding hydrogens is 544 g/mol. The lowest BCUT2D eigenvalue weighted by Crippen LogP contribution is -2.40. The number of primary amides is 1. The highest BCUT2D eigenvalue weighted by atomic mass is 35.5. The van der Waals surface area contributed by atoms with Gasteiger partial charge in [-0.2, -0.15) is 0 Å². The van der Waals surface area contributed by atoms with Gasteiger partial charge in [-0.3, -0.25) is 10.0 Å². The summed E-state index contributed by atoms with van der Waals surface area (Å²) in [6.45, 7) is 15.3. The second-order valence-electron chi connectivity index (χ2n) is 12.3. The molecule has 7 nitrogen and oxygen atoms in total.